The molecule has 1 saturated heterocycles. The van der Waals surface area contributed by atoms with E-state index in [9.17, 15) is 30.3 Å². The minimum atomic E-state index is -1.58. The van der Waals surface area contributed by atoms with E-state index in [0.717, 1.165) is 57.8 Å². The molecule has 7 unspecified atom stereocenters. The van der Waals surface area contributed by atoms with Crippen molar-refractivity contribution in [1.29, 1.82) is 0 Å². The first-order valence-electron chi connectivity index (χ1n) is 26.0. The summed E-state index contributed by atoms with van der Waals surface area (Å²) in [5, 5.41) is 54.3. The Morgan fingerprint density at radius 3 is 1.46 bits per heavy atom. The first-order valence-corrected chi connectivity index (χ1v) is 26.0. The van der Waals surface area contributed by atoms with E-state index in [1.165, 1.54) is 135 Å². The lowest BCUT2D eigenvalue weighted by Crippen LogP contribution is -2.60. The third-order valence-corrected chi connectivity index (χ3v) is 12.1. The van der Waals surface area contributed by atoms with Gasteiger partial charge in [-0.3, -0.25) is 4.79 Å². The molecule has 6 N–H and O–H groups in total. The highest BCUT2D eigenvalue weighted by atomic mass is 16.7. The van der Waals surface area contributed by atoms with Gasteiger partial charge in [0.25, 0.3) is 0 Å². The maximum Gasteiger partial charge on any atom is 0.220 e. The first kappa shape index (κ1) is 58.9. The number of aliphatic hydroxyl groups is 5. The number of amides is 1. The lowest BCUT2D eigenvalue weighted by atomic mass is 9.99. The van der Waals surface area contributed by atoms with E-state index in [2.05, 4.69) is 67.8 Å². The Morgan fingerprint density at radius 1 is 0.556 bits per heavy atom. The third kappa shape index (κ3) is 33.9. The molecule has 366 valence electrons. The van der Waals surface area contributed by atoms with Gasteiger partial charge in [-0.05, 0) is 57.8 Å². The summed E-state index contributed by atoms with van der Waals surface area (Å²) in [6, 6.07) is -0.829. The highest BCUT2D eigenvalue weighted by molar-refractivity contribution is 5.76. The Hall–Kier alpha value is -2.11. The number of aliphatic hydroxyl groups excluding tert-OH is 5. The zero-order valence-corrected chi connectivity index (χ0v) is 40.3. The second-order valence-electron chi connectivity index (χ2n) is 17.9. The predicted molar refractivity (Wildman–Crippen MR) is 262 cm³/mol. The number of unbranched alkanes of at least 4 members (excludes halogenated alkanes) is 25. The molecule has 0 aromatic carbocycles. The van der Waals surface area contributed by atoms with Crippen molar-refractivity contribution >= 4 is 5.91 Å². The number of nitrogens with one attached hydrogen (secondary N) is 1. The molecule has 9 heteroatoms. The Morgan fingerprint density at radius 2 is 0.984 bits per heavy atom. The largest absolute Gasteiger partial charge is 0.394 e. The molecule has 1 fully saturated rings. The number of rotatable bonds is 43. The van der Waals surface area contributed by atoms with E-state index < -0.39 is 49.5 Å². The number of carbonyl (C=O) groups is 1. The molecule has 0 bridgehead atoms. The quantitative estimate of drug-likeness (QED) is 0.0262. The van der Waals surface area contributed by atoms with Crippen LogP contribution < -0.4 is 5.32 Å². The zero-order chi connectivity index (χ0) is 45.9. The molecule has 0 radical (unpaired) electrons. The minimum Gasteiger partial charge on any atom is -0.394 e. The smallest absolute Gasteiger partial charge is 0.220 e. The van der Waals surface area contributed by atoms with Gasteiger partial charge in [-0.15, -0.1) is 0 Å². The minimum absolute atomic E-state index is 0.207. The van der Waals surface area contributed by atoms with E-state index in [4.69, 9.17) is 9.47 Å². The van der Waals surface area contributed by atoms with Crippen molar-refractivity contribution in [2.24, 2.45) is 0 Å². The Kier molecular flexibility index (Phi) is 40.9. The molecule has 0 aliphatic carbocycles. The van der Waals surface area contributed by atoms with Crippen LogP contribution in [-0.4, -0.2) is 87.5 Å². The van der Waals surface area contributed by atoms with Crippen molar-refractivity contribution in [3.05, 3.63) is 60.8 Å². The lowest BCUT2D eigenvalue weighted by molar-refractivity contribution is -0.302. The molecule has 1 amide bonds. The van der Waals surface area contributed by atoms with E-state index in [-0.39, 0.29) is 12.5 Å². The van der Waals surface area contributed by atoms with Gasteiger partial charge in [0.05, 0.1) is 25.4 Å². The molecule has 1 aliphatic rings. The van der Waals surface area contributed by atoms with Crippen LogP contribution in [0.1, 0.15) is 219 Å². The van der Waals surface area contributed by atoms with Gasteiger partial charge in [0.1, 0.15) is 24.4 Å². The molecule has 0 saturated carbocycles. The van der Waals surface area contributed by atoms with Crippen LogP contribution in [0.5, 0.6) is 0 Å². The van der Waals surface area contributed by atoms with Gasteiger partial charge < -0.3 is 40.3 Å². The van der Waals surface area contributed by atoms with Crippen molar-refractivity contribution in [3.8, 4) is 0 Å². The van der Waals surface area contributed by atoms with E-state index in [1.54, 1.807) is 6.08 Å². The van der Waals surface area contributed by atoms with Gasteiger partial charge in [0.15, 0.2) is 6.29 Å². The number of ether oxygens (including phenoxy) is 2. The fraction of sp³-hybridized carbons (Fsp3) is 0.796. The topological polar surface area (TPSA) is 149 Å². The van der Waals surface area contributed by atoms with Crippen LogP contribution in [0.2, 0.25) is 0 Å². The highest BCUT2D eigenvalue weighted by Crippen LogP contribution is 2.23. The SMILES string of the molecule is CC/C=C\C/C=C\C/C=C\C/C=C\CCCCC(=O)NC(COC1OC(CO)C(O)C(O)C1O)C(O)/C=C/CCCCCCCCCCCCCCCCCCCCCCCCC. The Labute approximate surface area is 386 Å². The summed E-state index contributed by atoms with van der Waals surface area (Å²) in [7, 11) is 0. The molecule has 9 nitrogen and oxygen atoms in total. The molecule has 1 heterocycles. The summed E-state index contributed by atoms with van der Waals surface area (Å²) in [6.07, 6.45) is 51.4. The third-order valence-electron chi connectivity index (χ3n) is 12.1. The monoisotopic (exact) mass is 888 g/mol. The van der Waals surface area contributed by atoms with Crippen molar-refractivity contribution in [3.63, 3.8) is 0 Å². The van der Waals surface area contributed by atoms with Crippen molar-refractivity contribution in [2.45, 2.75) is 262 Å². The molecular weight excluding hydrogens is 791 g/mol. The molecule has 1 rings (SSSR count). The second-order valence-corrected chi connectivity index (χ2v) is 17.9. The molecule has 0 spiro atoms. The Bertz CT molecular complexity index is 1170. The van der Waals surface area contributed by atoms with Gasteiger partial charge in [-0.1, -0.05) is 216 Å². The average molecular weight is 888 g/mol. The van der Waals surface area contributed by atoms with Gasteiger partial charge in [0.2, 0.25) is 5.91 Å². The first-order chi connectivity index (χ1) is 30.8. The van der Waals surface area contributed by atoms with Crippen molar-refractivity contribution < 1.29 is 39.8 Å². The van der Waals surface area contributed by atoms with Crippen molar-refractivity contribution in [2.75, 3.05) is 13.2 Å². The van der Waals surface area contributed by atoms with E-state index in [1.807, 2.05) is 6.08 Å². The average Bonchev–Trinajstić information content (AvgIpc) is 3.28. The fourth-order valence-corrected chi connectivity index (χ4v) is 7.97. The van der Waals surface area contributed by atoms with Gasteiger partial charge in [0, 0.05) is 6.42 Å². The normalized spacial score (nSPS) is 20.7. The van der Waals surface area contributed by atoms with E-state index in [0.29, 0.717) is 12.8 Å². The standard InChI is InChI=1S/C54H97NO8/c1-3-5-7-9-11-13-15-17-19-20-21-22-23-24-25-26-27-28-30-31-33-35-37-39-41-43-48(57)47(46-62-54-53(61)52(60)51(59)49(45-56)63-54)55-50(58)44-42-40-38-36-34-32-29-18-16-14-12-10-8-6-4-2/h6,8,12,14,18,29,34,36,41,43,47-49,51-54,56-57,59-61H,3-5,7,9-11,13,15-17,19-28,30-33,35,37-40,42,44-46H2,1-2H3,(H,55,58)/b8-6-,14-12-,29-18-,36-34-,43-41+. The summed E-state index contributed by atoms with van der Waals surface area (Å²) in [5.41, 5.74) is 0. The highest BCUT2D eigenvalue weighted by Gasteiger charge is 2.44. The maximum absolute atomic E-state index is 13.0. The number of hydrogen-bond acceptors (Lipinski definition) is 8. The molecule has 63 heavy (non-hydrogen) atoms. The summed E-state index contributed by atoms with van der Waals surface area (Å²) in [5.74, 6) is -0.218. The predicted octanol–water partition coefficient (Wildman–Crippen LogP) is 12.0. The summed E-state index contributed by atoms with van der Waals surface area (Å²) in [4.78, 5) is 13.0. The summed E-state index contributed by atoms with van der Waals surface area (Å²) in [6.45, 7) is 3.64. The summed E-state index contributed by atoms with van der Waals surface area (Å²) >= 11 is 0. The van der Waals surface area contributed by atoms with Crippen LogP contribution in [0.3, 0.4) is 0 Å². The van der Waals surface area contributed by atoms with Gasteiger partial charge in [-0.2, -0.15) is 0 Å². The Balaban J connectivity index is 2.28. The lowest BCUT2D eigenvalue weighted by Gasteiger charge is -2.40. The van der Waals surface area contributed by atoms with Gasteiger partial charge >= 0.3 is 0 Å². The maximum atomic E-state index is 13.0. The number of hydrogen-bond donors (Lipinski definition) is 6. The van der Waals surface area contributed by atoms with Crippen molar-refractivity contribution in [1.82, 2.24) is 5.32 Å². The van der Waals surface area contributed by atoms with Gasteiger partial charge in [-0.25, -0.2) is 0 Å². The molecule has 1 aliphatic heterocycles. The number of allylic oxidation sites excluding steroid dienone is 9. The molecule has 0 aromatic rings. The molecular formula is C54H97NO8. The fourth-order valence-electron chi connectivity index (χ4n) is 7.97. The van der Waals surface area contributed by atoms with Crippen LogP contribution >= 0.6 is 0 Å². The van der Waals surface area contributed by atoms with Crippen LogP contribution in [0, 0.1) is 0 Å². The molecule has 0 aromatic heterocycles. The van der Waals surface area contributed by atoms with Crippen LogP contribution in [0.25, 0.3) is 0 Å². The zero-order valence-electron chi connectivity index (χ0n) is 40.3. The molecule has 7 atom stereocenters. The van der Waals surface area contributed by atoms with Crippen LogP contribution in [0.4, 0.5) is 0 Å². The number of carbonyl (C=O) groups excluding carboxylic acids is 1. The second kappa shape index (κ2) is 43.8. The van der Waals surface area contributed by atoms with E-state index >= 15 is 0 Å². The summed E-state index contributed by atoms with van der Waals surface area (Å²) < 4.78 is 11.2. The van der Waals surface area contributed by atoms with Crippen LogP contribution in [0.15, 0.2) is 60.8 Å². The van der Waals surface area contributed by atoms with Crippen LogP contribution in [-0.2, 0) is 14.3 Å².